The van der Waals surface area contributed by atoms with Crippen LogP contribution in [0.2, 0.25) is 5.02 Å². The largest absolute Gasteiger partial charge is 0.492 e. The smallest absolute Gasteiger partial charge is 0.218 e. The summed E-state index contributed by atoms with van der Waals surface area (Å²) in [7, 11) is 0. The lowest BCUT2D eigenvalue weighted by Gasteiger charge is -2.09. The van der Waals surface area contributed by atoms with Crippen LogP contribution in [0.15, 0.2) is 28.2 Å². The Morgan fingerprint density at radius 3 is 2.42 bits per heavy atom. The van der Waals surface area contributed by atoms with Crippen molar-refractivity contribution in [2.45, 2.75) is 52.5 Å². The highest BCUT2D eigenvalue weighted by Gasteiger charge is 2.04. The first-order chi connectivity index (χ1) is 11.9. The molecule has 0 spiro atoms. The summed E-state index contributed by atoms with van der Waals surface area (Å²) in [5.74, 6) is 1.39. The van der Waals surface area contributed by atoms with Gasteiger partial charge in [-0.25, -0.2) is 4.99 Å². The summed E-state index contributed by atoms with van der Waals surface area (Å²) >= 11 is 6.25. The third kappa shape index (κ3) is 11.1. The van der Waals surface area contributed by atoms with Gasteiger partial charge < -0.3 is 21.9 Å². The van der Waals surface area contributed by atoms with Crippen molar-refractivity contribution in [2.24, 2.45) is 33.1 Å². The molecule has 0 fully saturated rings. The van der Waals surface area contributed by atoms with Crippen molar-refractivity contribution in [3.8, 4) is 5.75 Å². The fourth-order valence-corrected chi connectivity index (χ4v) is 2.55. The van der Waals surface area contributed by atoms with Crippen LogP contribution in [0.25, 0.3) is 0 Å². The minimum atomic E-state index is -0.118. The number of nitrogens with two attached hydrogens (primary N) is 3. The van der Waals surface area contributed by atoms with Crippen molar-refractivity contribution in [2.75, 3.05) is 6.61 Å². The molecular formula is C18H31Cl2N5O. The van der Waals surface area contributed by atoms with Crippen LogP contribution in [0.5, 0.6) is 5.75 Å². The fraction of sp³-hybridized carbons (Fsp3) is 0.556. The lowest BCUT2D eigenvalue weighted by atomic mass is 10.0. The molecule has 1 rings (SSSR count). The van der Waals surface area contributed by atoms with Gasteiger partial charge >= 0.3 is 0 Å². The summed E-state index contributed by atoms with van der Waals surface area (Å²) in [6.07, 6.45) is 6.06. The maximum absolute atomic E-state index is 6.25. The molecule has 0 aromatic heterocycles. The monoisotopic (exact) mass is 403 g/mol. The molecule has 0 saturated heterocycles. The van der Waals surface area contributed by atoms with E-state index in [1.807, 2.05) is 18.2 Å². The number of ether oxygens (including phenoxy) is 1. The zero-order chi connectivity index (χ0) is 18.7. The zero-order valence-electron chi connectivity index (χ0n) is 15.6. The second-order valence-corrected chi connectivity index (χ2v) is 6.83. The number of halogens is 2. The molecular weight excluding hydrogens is 373 g/mol. The van der Waals surface area contributed by atoms with Crippen molar-refractivity contribution in [3.63, 3.8) is 0 Å². The molecule has 1 aromatic rings. The molecule has 0 aliphatic carbocycles. The minimum absolute atomic E-state index is 0. The Labute approximate surface area is 167 Å². The molecule has 0 unspecified atom stereocenters. The van der Waals surface area contributed by atoms with E-state index >= 15 is 0 Å². The van der Waals surface area contributed by atoms with Gasteiger partial charge in [-0.2, -0.15) is 4.99 Å². The molecule has 0 saturated carbocycles. The highest BCUT2D eigenvalue weighted by molar-refractivity contribution is 6.32. The molecule has 0 aliphatic rings. The molecule has 0 radical (unpaired) electrons. The van der Waals surface area contributed by atoms with E-state index in [4.69, 9.17) is 33.5 Å². The van der Waals surface area contributed by atoms with Crippen molar-refractivity contribution in [3.05, 3.63) is 28.8 Å². The standard InChI is InChI=1S/C18H30ClN5O.ClH/c1-13(2)7-5-3-4-6-10-25-16-9-8-14(11-15(16)19)12-23-18(22)24-17(20)21;/h8-9,11,13H,3-7,10,12H2,1-2H3,(H6,20,21,22,23,24);1H. The Hall–Kier alpha value is -1.66. The number of guanidine groups is 2. The number of benzene rings is 1. The first-order valence-corrected chi connectivity index (χ1v) is 9.07. The van der Waals surface area contributed by atoms with Gasteiger partial charge in [0.2, 0.25) is 5.96 Å². The molecule has 6 N–H and O–H groups in total. The molecule has 8 heteroatoms. The second kappa shape index (κ2) is 13.5. The first-order valence-electron chi connectivity index (χ1n) is 8.69. The fourth-order valence-electron chi connectivity index (χ4n) is 2.29. The average molecular weight is 404 g/mol. The summed E-state index contributed by atoms with van der Waals surface area (Å²) in [4.78, 5) is 7.72. The first kappa shape index (κ1) is 24.3. The van der Waals surface area contributed by atoms with Crippen LogP contribution in [0.3, 0.4) is 0 Å². The highest BCUT2D eigenvalue weighted by atomic mass is 35.5. The predicted molar refractivity (Wildman–Crippen MR) is 113 cm³/mol. The van der Waals surface area contributed by atoms with Crippen LogP contribution < -0.4 is 21.9 Å². The summed E-state index contributed by atoms with van der Waals surface area (Å²) in [5, 5.41) is 0.563. The second-order valence-electron chi connectivity index (χ2n) is 6.42. The Kier molecular flexibility index (Phi) is 12.7. The summed E-state index contributed by atoms with van der Waals surface area (Å²) in [6, 6.07) is 5.56. The Morgan fingerprint density at radius 2 is 1.81 bits per heavy atom. The van der Waals surface area contributed by atoms with Crippen molar-refractivity contribution >= 4 is 35.9 Å². The van der Waals surface area contributed by atoms with E-state index in [-0.39, 0.29) is 24.3 Å². The zero-order valence-corrected chi connectivity index (χ0v) is 17.2. The molecule has 0 aliphatic heterocycles. The molecule has 0 bridgehead atoms. The van der Waals surface area contributed by atoms with E-state index < -0.39 is 0 Å². The molecule has 0 atom stereocenters. The van der Waals surface area contributed by atoms with Gasteiger partial charge in [-0.15, -0.1) is 12.4 Å². The Morgan fingerprint density at radius 1 is 1.12 bits per heavy atom. The number of unbranched alkanes of at least 4 members (excludes halogenated alkanes) is 3. The van der Waals surface area contributed by atoms with Gasteiger partial charge in [0, 0.05) is 0 Å². The van der Waals surface area contributed by atoms with Crippen LogP contribution in [0.4, 0.5) is 0 Å². The summed E-state index contributed by atoms with van der Waals surface area (Å²) in [5.41, 5.74) is 16.9. The lowest BCUT2D eigenvalue weighted by Crippen LogP contribution is -2.26. The van der Waals surface area contributed by atoms with Gasteiger partial charge in [0.15, 0.2) is 5.96 Å². The molecule has 6 nitrogen and oxygen atoms in total. The number of rotatable bonds is 10. The topological polar surface area (TPSA) is 112 Å². The third-order valence-corrected chi connectivity index (χ3v) is 3.89. The average Bonchev–Trinajstić information content (AvgIpc) is 2.52. The molecule has 0 amide bonds. The number of hydrogen-bond acceptors (Lipinski definition) is 2. The lowest BCUT2D eigenvalue weighted by molar-refractivity contribution is 0.304. The van der Waals surface area contributed by atoms with Gasteiger partial charge in [0.05, 0.1) is 18.2 Å². The van der Waals surface area contributed by atoms with Gasteiger partial charge in [0.25, 0.3) is 0 Å². The highest BCUT2D eigenvalue weighted by Crippen LogP contribution is 2.26. The van der Waals surface area contributed by atoms with Crippen LogP contribution >= 0.6 is 24.0 Å². The minimum Gasteiger partial charge on any atom is -0.492 e. The van der Waals surface area contributed by atoms with Crippen molar-refractivity contribution < 1.29 is 4.74 Å². The number of nitrogens with zero attached hydrogens (tertiary/aromatic N) is 2. The van der Waals surface area contributed by atoms with E-state index in [1.165, 1.54) is 25.7 Å². The van der Waals surface area contributed by atoms with Crippen LogP contribution in [0, 0.1) is 5.92 Å². The summed E-state index contributed by atoms with van der Waals surface area (Å²) < 4.78 is 5.75. The SMILES string of the molecule is CC(C)CCCCCCOc1ccc(CN=C(N)N=C(N)N)cc1Cl.Cl. The van der Waals surface area contributed by atoms with Crippen LogP contribution in [-0.4, -0.2) is 18.5 Å². The predicted octanol–water partition coefficient (Wildman–Crippen LogP) is 3.84. The normalized spacial score (nSPS) is 11.2. The Balaban J connectivity index is 0.00000625. The Bertz CT molecular complexity index is 587. The summed E-state index contributed by atoms with van der Waals surface area (Å²) in [6.45, 7) is 5.54. The van der Waals surface area contributed by atoms with E-state index in [2.05, 4.69) is 23.8 Å². The van der Waals surface area contributed by atoms with Crippen molar-refractivity contribution in [1.82, 2.24) is 0 Å². The quantitative estimate of drug-likeness (QED) is 0.312. The van der Waals surface area contributed by atoms with E-state index in [0.29, 0.717) is 23.9 Å². The maximum atomic E-state index is 6.25. The molecule has 148 valence electrons. The van der Waals surface area contributed by atoms with Gasteiger partial charge in [-0.3, -0.25) is 0 Å². The molecule has 0 heterocycles. The molecule has 26 heavy (non-hydrogen) atoms. The third-order valence-electron chi connectivity index (χ3n) is 3.60. The molecule has 1 aromatic carbocycles. The van der Waals surface area contributed by atoms with E-state index in [9.17, 15) is 0 Å². The maximum Gasteiger partial charge on any atom is 0.218 e. The van der Waals surface area contributed by atoms with E-state index in [0.717, 1.165) is 17.9 Å². The van der Waals surface area contributed by atoms with E-state index in [1.54, 1.807) is 0 Å². The van der Waals surface area contributed by atoms with Crippen LogP contribution in [0.1, 0.15) is 51.5 Å². The van der Waals surface area contributed by atoms with Crippen molar-refractivity contribution in [1.29, 1.82) is 0 Å². The van der Waals surface area contributed by atoms with Gasteiger partial charge in [-0.05, 0) is 30.0 Å². The van der Waals surface area contributed by atoms with Gasteiger partial charge in [0.1, 0.15) is 5.75 Å². The van der Waals surface area contributed by atoms with Gasteiger partial charge in [-0.1, -0.05) is 57.2 Å². The number of hydrogen-bond donors (Lipinski definition) is 3. The van der Waals surface area contributed by atoms with Crippen LogP contribution in [-0.2, 0) is 6.54 Å². The number of aliphatic imine (C=N–C) groups is 2.